The van der Waals surface area contributed by atoms with Crippen molar-refractivity contribution in [2.24, 2.45) is 0 Å². The van der Waals surface area contributed by atoms with Gasteiger partial charge in [0, 0.05) is 32.1 Å². The van der Waals surface area contributed by atoms with Gasteiger partial charge in [-0.15, -0.1) is 5.10 Å². The Morgan fingerprint density at radius 2 is 1.63 bits per heavy atom. The highest BCUT2D eigenvalue weighted by Crippen LogP contribution is 2.44. The molecule has 2 aromatic carbocycles. The normalized spacial score (nSPS) is 15.4. The molecule has 0 bridgehead atoms. The number of aromatic amines is 1. The highest BCUT2D eigenvalue weighted by atomic mass is 16.5. The summed E-state index contributed by atoms with van der Waals surface area (Å²) < 4.78 is 5.48. The van der Waals surface area contributed by atoms with Gasteiger partial charge in [0.1, 0.15) is 6.61 Å². The predicted molar refractivity (Wildman–Crippen MR) is 125 cm³/mol. The van der Waals surface area contributed by atoms with Crippen LogP contribution in [0, 0.1) is 0 Å². The summed E-state index contributed by atoms with van der Waals surface area (Å²) in [5, 5.41) is 17.8. The van der Waals surface area contributed by atoms with Crippen LogP contribution in [0.4, 0.5) is 10.7 Å². The number of ether oxygens (including phenoxy) is 1. The minimum absolute atomic E-state index is 0.00867. The average molecular weight is 476 g/mol. The lowest BCUT2D eigenvalue weighted by atomic mass is 9.98. The van der Waals surface area contributed by atoms with Crippen molar-refractivity contribution in [3.63, 3.8) is 0 Å². The number of carboxylic acids is 1. The van der Waals surface area contributed by atoms with Crippen molar-refractivity contribution in [3.8, 4) is 11.1 Å². The molecule has 3 N–H and O–H groups in total. The number of aliphatic carboxylic acids is 1. The van der Waals surface area contributed by atoms with Crippen LogP contribution in [0.2, 0.25) is 0 Å². The minimum Gasteiger partial charge on any atom is -0.480 e. The SMILES string of the molecule is O=C(O)CN1CCN(C(=O)c2nc(NC(=O)OCC3c4ccccc4-c4ccccc43)n[nH]2)CC1. The van der Waals surface area contributed by atoms with Crippen LogP contribution in [0.15, 0.2) is 48.5 Å². The molecule has 0 radical (unpaired) electrons. The molecule has 5 rings (SSSR count). The van der Waals surface area contributed by atoms with E-state index in [2.05, 4.69) is 32.6 Å². The van der Waals surface area contributed by atoms with Gasteiger partial charge < -0.3 is 14.7 Å². The molecule has 1 fully saturated rings. The number of carbonyl (C=O) groups excluding carboxylic acids is 2. The van der Waals surface area contributed by atoms with Crippen molar-refractivity contribution in [2.45, 2.75) is 5.92 Å². The number of fused-ring (bicyclic) bond motifs is 3. The van der Waals surface area contributed by atoms with Gasteiger partial charge in [-0.05, 0) is 22.3 Å². The van der Waals surface area contributed by atoms with Crippen LogP contribution in [0.25, 0.3) is 11.1 Å². The predicted octanol–water partition coefficient (Wildman–Crippen LogP) is 2.01. The van der Waals surface area contributed by atoms with Crippen molar-refractivity contribution >= 4 is 23.9 Å². The van der Waals surface area contributed by atoms with E-state index < -0.39 is 12.1 Å². The zero-order chi connectivity index (χ0) is 24.4. The van der Waals surface area contributed by atoms with E-state index in [0.717, 1.165) is 22.3 Å². The van der Waals surface area contributed by atoms with Crippen molar-refractivity contribution in [1.82, 2.24) is 25.0 Å². The zero-order valence-electron chi connectivity index (χ0n) is 18.8. The molecule has 2 heterocycles. The lowest BCUT2D eigenvalue weighted by molar-refractivity contribution is -0.138. The Morgan fingerprint density at radius 3 is 2.26 bits per heavy atom. The fourth-order valence-corrected chi connectivity index (χ4v) is 4.59. The van der Waals surface area contributed by atoms with E-state index in [9.17, 15) is 14.4 Å². The molecule has 0 spiro atoms. The van der Waals surface area contributed by atoms with E-state index in [4.69, 9.17) is 9.84 Å². The van der Waals surface area contributed by atoms with Crippen LogP contribution in [0.3, 0.4) is 0 Å². The van der Waals surface area contributed by atoms with Gasteiger partial charge in [0.05, 0.1) is 6.54 Å². The largest absolute Gasteiger partial charge is 0.480 e. The second kappa shape index (κ2) is 9.55. The second-order valence-corrected chi connectivity index (χ2v) is 8.42. The quantitative estimate of drug-likeness (QED) is 0.491. The third-order valence-corrected chi connectivity index (χ3v) is 6.26. The Hall–Kier alpha value is -4.25. The molecule has 3 aromatic rings. The highest BCUT2D eigenvalue weighted by Gasteiger charge is 2.29. The minimum atomic E-state index is -0.899. The lowest BCUT2D eigenvalue weighted by Gasteiger charge is -2.33. The maximum Gasteiger partial charge on any atom is 0.414 e. The van der Waals surface area contributed by atoms with Crippen molar-refractivity contribution < 1.29 is 24.2 Å². The number of carboxylic acid groups (broad SMARTS) is 1. The van der Waals surface area contributed by atoms with E-state index in [1.807, 2.05) is 36.4 Å². The van der Waals surface area contributed by atoms with Gasteiger partial charge in [-0.2, -0.15) is 4.98 Å². The number of piperazine rings is 1. The van der Waals surface area contributed by atoms with Crippen LogP contribution in [0.1, 0.15) is 27.7 Å². The number of carbonyl (C=O) groups is 3. The number of benzene rings is 2. The summed E-state index contributed by atoms with van der Waals surface area (Å²) in [7, 11) is 0. The molecule has 0 unspecified atom stereocenters. The Labute approximate surface area is 200 Å². The van der Waals surface area contributed by atoms with Gasteiger partial charge in [-0.1, -0.05) is 48.5 Å². The van der Waals surface area contributed by atoms with E-state index in [0.29, 0.717) is 26.2 Å². The van der Waals surface area contributed by atoms with Gasteiger partial charge in [-0.3, -0.25) is 24.9 Å². The Bertz CT molecular complexity index is 1220. The molecule has 35 heavy (non-hydrogen) atoms. The number of rotatable bonds is 6. The summed E-state index contributed by atoms with van der Waals surface area (Å²) in [6, 6.07) is 16.1. The van der Waals surface area contributed by atoms with Crippen molar-refractivity contribution in [2.75, 3.05) is 44.6 Å². The topological polar surface area (TPSA) is 141 Å². The summed E-state index contributed by atoms with van der Waals surface area (Å²) in [6.45, 7) is 1.76. The van der Waals surface area contributed by atoms with Crippen molar-refractivity contribution in [3.05, 3.63) is 65.5 Å². The maximum absolute atomic E-state index is 12.7. The molecule has 1 saturated heterocycles. The average Bonchev–Trinajstić information content (AvgIpc) is 3.45. The number of aromatic nitrogens is 3. The van der Waals surface area contributed by atoms with E-state index in [1.54, 1.807) is 9.80 Å². The third kappa shape index (κ3) is 4.71. The number of nitrogens with one attached hydrogen (secondary N) is 2. The fourth-order valence-electron chi connectivity index (χ4n) is 4.59. The molecule has 2 aliphatic rings. The number of hydrogen-bond acceptors (Lipinski definition) is 7. The molecule has 11 nitrogen and oxygen atoms in total. The molecule has 1 aliphatic heterocycles. The first-order valence-corrected chi connectivity index (χ1v) is 11.3. The summed E-state index contributed by atoms with van der Waals surface area (Å²) in [4.78, 5) is 43.3. The molecule has 0 atom stereocenters. The van der Waals surface area contributed by atoms with Crippen LogP contribution in [-0.2, 0) is 9.53 Å². The monoisotopic (exact) mass is 476 g/mol. The highest BCUT2D eigenvalue weighted by molar-refractivity contribution is 5.91. The number of hydrogen-bond donors (Lipinski definition) is 3. The molecule has 2 amide bonds. The molecular formula is C24H24N6O5. The van der Waals surface area contributed by atoms with E-state index in [1.165, 1.54) is 0 Å². The van der Waals surface area contributed by atoms with Crippen LogP contribution < -0.4 is 5.32 Å². The molecule has 1 aromatic heterocycles. The van der Waals surface area contributed by atoms with Gasteiger partial charge in [0.2, 0.25) is 5.82 Å². The first kappa shape index (κ1) is 22.5. The summed E-state index contributed by atoms with van der Waals surface area (Å²) in [5.74, 6) is -1.41. The molecular weight excluding hydrogens is 452 g/mol. The number of amides is 2. The molecule has 11 heteroatoms. The molecule has 180 valence electrons. The van der Waals surface area contributed by atoms with Crippen LogP contribution in [-0.4, -0.2) is 87.4 Å². The Balaban J connectivity index is 1.16. The molecule has 1 aliphatic carbocycles. The first-order chi connectivity index (χ1) is 17.0. The van der Waals surface area contributed by atoms with Gasteiger partial charge in [0.15, 0.2) is 0 Å². The Kier molecular flexibility index (Phi) is 6.15. The fraction of sp³-hybridized carbons (Fsp3) is 0.292. The van der Waals surface area contributed by atoms with Gasteiger partial charge in [-0.25, -0.2) is 4.79 Å². The second-order valence-electron chi connectivity index (χ2n) is 8.42. The first-order valence-electron chi connectivity index (χ1n) is 11.3. The van der Waals surface area contributed by atoms with Crippen LogP contribution in [0.5, 0.6) is 0 Å². The lowest BCUT2D eigenvalue weighted by Crippen LogP contribution is -2.50. The number of anilines is 1. The third-order valence-electron chi connectivity index (χ3n) is 6.26. The Morgan fingerprint density at radius 1 is 1.00 bits per heavy atom. The summed E-state index contributed by atoms with van der Waals surface area (Å²) >= 11 is 0. The molecule has 0 saturated carbocycles. The van der Waals surface area contributed by atoms with Crippen LogP contribution >= 0.6 is 0 Å². The standard InChI is InChI=1S/C24H24N6O5/c31-20(32)13-29-9-11-30(12-10-29)22(33)21-25-23(28-27-21)26-24(34)35-14-19-17-7-3-1-5-15(17)16-6-2-4-8-18(16)19/h1-8,19H,9-14H2,(H,31,32)(H2,25,26,27,28,34). The number of H-pyrrole nitrogens is 1. The zero-order valence-corrected chi connectivity index (χ0v) is 18.8. The smallest absolute Gasteiger partial charge is 0.414 e. The summed E-state index contributed by atoms with van der Waals surface area (Å²) in [6.07, 6.45) is -0.716. The van der Waals surface area contributed by atoms with E-state index >= 15 is 0 Å². The summed E-state index contributed by atoms with van der Waals surface area (Å²) in [5.41, 5.74) is 4.49. The maximum atomic E-state index is 12.7. The van der Waals surface area contributed by atoms with E-state index in [-0.39, 0.29) is 36.7 Å². The van der Waals surface area contributed by atoms with Gasteiger partial charge in [0.25, 0.3) is 11.9 Å². The van der Waals surface area contributed by atoms with Crippen molar-refractivity contribution in [1.29, 1.82) is 0 Å². The van der Waals surface area contributed by atoms with Gasteiger partial charge >= 0.3 is 12.1 Å². The number of nitrogens with zero attached hydrogens (tertiary/aromatic N) is 4.